The maximum Gasteiger partial charge on any atom is 0.261 e. The molecule has 0 saturated heterocycles. The fourth-order valence-electron chi connectivity index (χ4n) is 4.24. The number of aryl methyl sites for hydroxylation is 1. The Balaban J connectivity index is 1.52. The highest BCUT2D eigenvalue weighted by atomic mass is 32.1. The molecule has 2 aliphatic rings. The van der Waals surface area contributed by atoms with Crippen LogP contribution in [0.15, 0.2) is 18.5 Å². The number of amides is 1. The molecule has 1 amide bonds. The minimum atomic E-state index is 0.00291. The summed E-state index contributed by atoms with van der Waals surface area (Å²) in [7, 11) is 0. The lowest BCUT2D eigenvalue weighted by Gasteiger charge is -2.19. The van der Waals surface area contributed by atoms with Gasteiger partial charge in [0.2, 0.25) is 0 Å². The molecule has 1 saturated carbocycles. The van der Waals surface area contributed by atoms with Crippen LogP contribution in [0.2, 0.25) is 0 Å². The van der Waals surface area contributed by atoms with Crippen molar-refractivity contribution >= 4 is 33.3 Å². The third kappa shape index (κ3) is 3.22. The second-order valence-corrected chi connectivity index (χ2v) is 8.49. The SMILES string of the molecule is CCCCNC(=O)c1sc2ncnc(NC[C@@H]3C[C@H]4C=C[C@@H]3C4)c2c1C. The van der Waals surface area contributed by atoms with Gasteiger partial charge in [-0.25, -0.2) is 9.97 Å². The molecule has 2 bridgehead atoms. The quantitative estimate of drug-likeness (QED) is 0.567. The number of hydrogen-bond acceptors (Lipinski definition) is 5. The number of anilines is 1. The molecule has 4 rings (SSSR count). The first-order valence-electron chi connectivity index (χ1n) is 9.61. The van der Waals surface area contributed by atoms with Crippen molar-refractivity contribution in [3.05, 3.63) is 28.9 Å². The Kier molecular flexibility index (Phi) is 4.94. The van der Waals surface area contributed by atoms with Crippen molar-refractivity contribution in [1.82, 2.24) is 15.3 Å². The summed E-state index contributed by atoms with van der Waals surface area (Å²) in [5, 5.41) is 7.56. The molecule has 2 aliphatic carbocycles. The van der Waals surface area contributed by atoms with Gasteiger partial charge in [-0.3, -0.25) is 4.79 Å². The number of allylic oxidation sites excluding steroid dienone is 2. The van der Waals surface area contributed by atoms with Crippen LogP contribution in [0.3, 0.4) is 0 Å². The van der Waals surface area contributed by atoms with Gasteiger partial charge in [0.05, 0.1) is 10.3 Å². The van der Waals surface area contributed by atoms with Crippen molar-refractivity contribution in [1.29, 1.82) is 0 Å². The molecule has 2 aromatic heterocycles. The molecule has 0 aromatic carbocycles. The van der Waals surface area contributed by atoms with Crippen molar-refractivity contribution in [3.63, 3.8) is 0 Å². The van der Waals surface area contributed by atoms with Crippen LogP contribution in [0.5, 0.6) is 0 Å². The van der Waals surface area contributed by atoms with Gasteiger partial charge in [-0.2, -0.15) is 0 Å². The van der Waals surface area contributed by atoms with E-state index >= 15 is 0 Å². The predicted octanol–water partition coefficient (Wildman–Crippen LogP) is 4.15. The summed E-state index contributed by atoms with van der Waals surface area (Å²) in [5.74, 6) is 3.05. The van der Waals surface area contributed by atoms with E-state index in [0.717, 1.165) is 58.3 Å². The number of carbonyl (C=O) groups is 1. The van der Waals surface area contributed by atoms with Crippen LogP contribution in [0, 0.1) is 24.7 Å². The van der Waals surface area contributed by atoms with Crippen molar-refractivity contribution in [2.75, 3.05) is 18.4 Å². The Hall–Kier alpha value is -1.95. The second-order valence-electron chi connectivity index (χ2n) is 7.49. The first-order valence-corrected chi connectivity index (χ1v) is 10.4. The molecule has 26 heavy (non-hydrogen) atoms. The molecule has 1 fully saturated rings. The summed E-state index contributed by atoms with van der Waals surface area (Å²) in [6.45, 7) is 5.78. The van der Waals surface area contributed by atoms with Crippen LogP contribution < -0.4 is 10.6 Å². The molecular formula is C20H26N4OS. The largest absolute Gasteiger partial charge is 0.369 e. The molecule has 0 radical (unpaired) electrons. The molecule has 3 atom stereocenters. The number of carbonyl (C=O) groups excluding carboxylic acids is 1. The van der Waals surface area contributed by atoms with E-state index in [1.807, 2.05) is 6.92 Å². The van der Waals surface area contributed by atoms with E-state index < -0.39 is 0 Å². The van der Waals surface area contributed by atoms with Gasteiger partial charge in [-0.15, -0.1) is 11.3 Å². The van der Waals surface area contributed by atoms with Gasteiger partial charge in [0, 0.05) is 13.1 Å². The van der Waals surface area contributed by atoms with Crippen LogP contribution in [0.4, 0.5) is 5.82 Å². The van der Waals surface area contributed by atoms with Crippen molar-refractivity contribution in [3.8, 4) is 0 Å². The molecule has 2 heterocycles. The lowest BCUT2D eigenvalue weighted by atomic mass is 9.93. The number of aromatic nitrogens is 2. The van der Waals surface area contributed by atoms with Gasteiger partial charge in [0.25, 0.3) is 5.91 Å². The Bertz CT molecular complexity index is 844. The van der Waals surface area contributed by atoms with E-state index in [1.54, 1.807) is 6.33 Å². The van der Waals surface area contributed by atoms with Gasteiger partial charge in [0.15, 0.2) is 0 Å². The zero-order valence-electron chi connectivity index (χ0n) is 15.4. The Morgan fingerprint density at radius 3 is 2.92 bits per heavy atom. The molecular weight excluding hydrogens is 344 g/mol. The smallest absolute Gasteiger partial charge is 0.261 e. The monoisotopic (exact) mass is 370 g/mol. The number of hydrogen-bond donors (Lipinski definition) is 2. The number of thiophene rings is 1. The standard InChI is InChI=1S/C20H26N4OS/c1-3-4-7-21-19(25)17-12(2)16-18(23-11-24-20(16)26-17)22-10-15-9-13-5-6-14(15)8-13/h5-6,11,13-15H,3-4,7-10H2,1-2H3,(H,21,25)(H,22,23,24)/t13-,14+,15-/m0/s1. The predicted molar refractivity (Wildman–Crippen MR) is 107 cm³/mol. The van der Waals surface area contributed by atoms with E-state index in [2.05, 4.69) is 39.7 Å². The molecule has 5 nitrogen and oxygen atoms in total. The summed E-state index contributed by atoms with van der Waals surface area (Å²) in [5.41, 5.74) is 0.981. The van der Waals surface area contributed by atoms with Crippen molar-refractivity contribution in [2.24, 2.45) is 17.8 Å². The molecule has 2 aromatic rings. The van der Waals surface area contributed by atoms with Crippen molar-refractivity contribution < 1.29 is 4.79 Å². The maximum absolute atomic E-state index is 12.5. The topological polar surface area (TPSA) is 66.9 Å². The molecule has 2 N–H and O–H groups in total. The number of nitrogens with zero attached hydrogens (tertiary/aromatic N) is 2. The maximum atomic E-state index is 12.5. The van der Waals surface area contributed by atoms with Gasteiger partial charge >= 0.3 is 0 Å². The summed E-state index contributed by atoms with van der Waals surface area (Å²) in [6.07, 6.45) is 11.0. The molecule has 138 valence electrons. The highest BCUT2D eigenvalue weighted by Crippen LogP contribution is 2.43. The first-order chi connectivity index (χ1) is 12.7. The highest BCUT2D eigenvalue weighted by molar-refractivity contribution is 7.20. The van der Waals surface area contributed by atoms with E-state index in [9.17, 15) is 4.79 Å². The number of nitrogens with one attached hydrogen (secondary N) is 2. The Labute approximate surface area is 158 Å². The zero-order valence-corrected chi connectivity index (χ0v) is 16.2. The van der Waals surface area contributed by atoms with Crippen LogP contribution >= 0.6 is 11.3 Å². The van der Waals surface area contributed by atoms with Gasteiger partial charge in [-0.05, 0) is 49.5 Å². The van der Waals surface area contributed by atoms with E-state index in [4.69, 9.17) is 0 Å². The van der Waals surface area contributed by atoms with Crippen LogP contribution in [-0.4, -0.2) is 29.0 Å². The summed E-state index contributed by atoms with van der Waals surface area (Å²) in [4.78, 5) is 23.0. The molecule has 0 aliphatic heterocycles. The van der Waals surface area contributed by atoms with Gasteiger partial charge in [-0.1, -0.05) is 25.5 Å². The Morgan fingerprint density at radius 1 is 1.31 bits per heavy atom. The first kappa shape index (κ1) is 17.5. The fourth-order valence-corrected chi connectivity index (χ4v) is 5.30. The third-order valence-electron chi connectivity index (χ3n) is 5.70. The van der Waals surface area contributed by atoms with Gasteiger partial charge in [0.1, 0.15) is 17.0 Å². The Morgan fingerprint density at radius 2 is 2.19 bits per heavy atom. The minimum Gasteiger partial charge on any atom is -0.369 e. The second kappa shape index (κ2) is 7.35. The van der Waals surface area contributed by atoms with Crippen LogP contribution in [0.1, 0.15) is 47.8 Å². The lowest BCUT2D eigenvalue weighted by Crippen LogP contribution is -2.24. The minimum absolute atomic E-state index is 0.00291. The fraction of sp³-hybridized carbons (Fsp3) is 0.550. The number of unbranched alkanes of at least 4 members (excludes halogenated alkanes) is 1. The van der Waals surface area contributed by atoms with Crippen LogP contribution in [0.25, 0.3) is 10.2 Å². The van der Waals surface area contributed by atoms with Gasteiger partial charge < -0.3 is 10.6 Å². The van der Waals surface area contributed by atoms with Crippen LogP contribution in [-0.2, 0) is 0 Å². The molecule has 6 heteroatoms. The molecule has 0 unspecified atom stereocenters. The average molecular weight is 371 g/mol. The summed E-state index contributed by atoms with van der Waals surface area (Å²) in [6, 6.07) is 0. The van der Waals surface area contributed by atoms with E-state index in [0.29, 0.717) is 11.8 Å². The normalized spacial score (nSPS) is 23.7. The summed E-state index contributed by atoms with van der Waals surface area (Å²) >= 11 is 1.46. The lowest BCUT2D eigenvalue weighted by molar-refractivity contribution is 0.0957. The average Bonchev–Trinajstić information content (AvgIpc) is 3.35. The molecule has 0 spiro atoms. The summed E-state index contributed by atoms with van der Waals surface area (Å²) < 4.78 is 0. The highest BCUT2D eigenvalue weighted by Gasteiger charge is 2.35. The van der Waals surface area contributed by atoms with Crippen molar-refractivity contribution in [2.45, 2.75) is 39.5 Å². The van der Waals surface area contributed by atoms with E-state index in [-0.39, 0.29) is 5.91 Å². The number of rotatable bonds is 7. The van der Waals surface area contributed by atoms with E-state index in [1.165, 1.54) is 24.2 Å². The number of fused-ring (bicyclic) bond motifs is 3. The third-order valence-corrected chi connectivity index (χ3v) is 6.90. The zero-order chi connectivity index (χ0) is 18.1.